The van der Waals surface area contributed by atoms with E-state index in [1.807, 2.05) is 19.2 Å². The van der Waals surface area contributed by atoms with E-state index >= 15 is 0 Å². The molecule has 0 bridgehead atoms. The van der Waals surface area contributed by atoms with Crippen LogP contribution in [0.15, 0.2) is 12.3 Å². The zero-order chi connectivity index (χ0) is 13.8. The second-order valence-electron chi connectivity index (χ2n) is 6.03. The molecule has 1 saturated carbocycles. The third kappa shape index (κ3) is 3.36. The van der Waals surface area contributed by atoms with Crippen LogP contribution in [0.4, 0.5) is 0 Å². The Balaban J connectivity index is 1.66. The second-order valence-corrected chi connectivity index (χ2v) is 6.03. The molecule has 4 nitrogen and oxygen atoms in total. The molecular formula is C16H25N3O. The minimum absolute atomic E-state index is 0.119. The summed E-state index contributed by atoms with van der Waals surface area (Å²) in [4.78, 5) is 11.3. The molecule has 1 saturated heterocycles. The van der Waals surface area contributed by atoms with E-state index < -0.39 is 0 Å². The summed E-state index contributed by atoms with van der Waals surface area (Å²) < 4.78 is 5.94. The lowest BCUT2D eigenvalue weighted by Crippen LogP contribution is -2.44. The Kier molecular flexibility index (Phi) is 4.63. The Hall–Kier alpha value is -1.00. The molecular weight excluding hydrogens is 250 g/mol. The van der Waals surface area contributed by atoms with Crippen LogP contribution < -0.4 is 0 Å². The molecule has 0 aromatic carbocycles. The first-order chi connectivity index (χ1) is 9.83. The van der Waals surface area contributed by atoms with Gasteiger partial charge in [-0.25, -0.2) is 9.97 Å². The smallest absolute Gasteiger partial charge is 0.125 e. The molecule has 3 rings (SSSR count). The first-order valence-electron chi connectivity index (χ1n) is 7.98. The molecule has 2 heterocycles. The molecule has 0 N–H and O–H groups in total. The lowest BCUT2D eigenvalue weighted by Gasteiger charge is -2.38. The fourth-order valence-electron chi connectivity index (χ4n) is 3.46. The van der Waals surface area contributed by atoms with Crippen molar-refractivity contribution < 1.29 is 4.74 Å². The predicted molar refractivity (Wildman–Crippen MR) is 78.5 cm³/mol. The number of hydrogen-bond acceptors (Lipinski definition) is 4. The van der Waals surface area contributed by atoms with Gasteiger partial charge in [-0.15, -0.1) is 0 Å². The van der Waals surface area contributed by atoms with Gasteiger partial charge in [0, 0.05) is 25.3 Å². The molecule has 1 aliphatic heterocycles. The molecule has 0 spiro atoms. The van der Waals surface area contributed by atoms with Crippen molar-refractivity contribution >= 4 is 0 Å². The van der Waals surface area contributed by atoms with E-state index in [1.54, 1.807) is 0 Å². The van der Waals surface area contributed by atoms with Crippen LogP contribution in [0.1, 0.15) is 56.1 Å². The van der Waals surface area contributed by atoms with Crippen molar-refractivity contribution in [3.8, 4) is 0 Å². The van der Waals surface area contributed by atoms with Crippen molar-refractivity contribution in [2.24, 2.45) is 0 Å². The van der Waals surface area contributed by atoms with Gasteiger partial charge in [-0.1, -0.05) is 25.7 Å². The highest BCUT2D eigenvalue weighted by atomic mass is 16.5. The third-order valence-electron chi connectivity index (χ3n) is 4.57. The number of aryl methyl sites for hydroxylation is 1. The van der Waals surface area contributed by atoms with Crippen molar-refractivity contribution in [2.45, 2.75) is 57.6 Å². The first-order valence-corrected chi connectivity index (χ1v) is 7.98. The highest BCUT2D eigenvalue weighted by molar-refractivity contribution is 5.07. The van der Waals surface area contributed by atoms with Crippen LogP contribution in [0.3, 0.4) is 0 Å². The largest absolute Gasteiger partial charge is 0.369 e. The van der Waals surface area contributed by atoms with Gasteiger partial charge < -0.3 is 4.74 Å². The van der Waals surface area contributed by atoms with Crippen molar-refractivity contribution in [2.75, 3.05) is 19.7 Å². The highest BCUT2D eigenvalue weighted by Crippen LogP contribution is 2.27. The molecule has 4 heteroatoms. The van der Waals surface area contributed by atoms with E-state index in [2.05, 4.69) is 14.9 Å². The quantitative estimate of drug-likeness (QED) is 0.778. The topological polar surface area (TPSA) is 38.2 Å². The van der Waals surface area contributed by atoms with E-state index in [1.165, 1.54) is 38.5 Å². The zero-order valence-electron chi connectivity index (χ0n) is 12.4. The molecule has 1 aromatic rings. The van der Waals surface area contributed by atoms with E-state index in [0.29, 0.717) is 0 Å². The third-order valence-corrected chi connectivity index (χ3v) is 4.57. The predicted octanol–water partition coefficient (Wildman–Crippen LogP) is 2.88. The summed E-state index contributed by atoms with van der Waals surface area (Å²) in [6.07, 6.45) is 10.3. The summed E-state index contributed by atoms with van der Waals surface area (Å²) in [7, 11) is 0. The molecule has 1 aliphatic carbocycles. The van der Waals surface area contributed by atoms with Crippen LogP contribution >= 0.6 is 0 Å². The number of morpholine rings is 1. The highest BCUT2D eigenvalue weighted by Gasteiger charge is 2.28. The van der Waals surface area contributed by atoms with E-state index in [-0.39, 0.29) is 6.10 Å². The Bertz CT molecular complexity index is 429. The Morgan fingerprint density at radius 2 is 2.00 bits per heavy atom. The summed E-state index contributed by atoms with van der Waals surface area (Å²) >= 11 is 0. The summed E-state index contributed by atoms with van der Waals surface area (Å²) in [6, 6.07) is 2.75. The molecule has 20 heavy (non-hydrogen) atoms. The van der Waals surface area contributed by atoms with Gasteiger partial charge in [-0.2, -0.15) is 0 Å². The van der Waals surface area contributed by atoms with Crippen LogP contribution in [0.5, 0.6) is 0 Å². The maximum absolute atomic E-state index is 5.94. The van der Waals surface area contributed by atoms with E-state index in [0.717, 1.165) is 37.3 Å². The fourth-order valence-corrected chi connectivity index (χ4v) is 3.46. The van der Waals surface area contributed by atoms with Gasteiger partial charge in [0.1, 0.15) is 11.9 Å². The Morgan fingerprint density at radius 1 is 1.20 bits per heavy atom. The lowest BCUT2D eigenvalue weighted by atomic mass is 10.0. The number of hydrogen-bond donors (Lipinski definition) is 0. The monoisotopic (exact) mass is 275 g/mol. The molecule has 110 valence electrons. The van der Waals surface area contributed by atoms with Crippen molar-refractivity contribution in [3.05, 3.63) is 23.8 Å². The minimum atomic E-state index is 0.119. The SMILES string of the molecule is Cc1nccc([C@H]2CN(C3CCCCCC3)CCO2)n1. The molecule has 0 radical (unpaired) electrons. The second kappa shape index (κ2) is 6.64. The fraction of sp³-hybridized carbons (Fsp3) is 0.750. The van der Waals surface area contributed by atoms with Gasteiger partial charge in [0.05, 0.1) is 12.3 Å². The van der Waals surface area contributed by atoms with Crippen LogP contribution in [0.2, 0.25) is 0 Å². The first kappa shape index (κ1) is 14.0. The maximum Gasteiger partial charge on any atom is 0.125 e. The number of rotatable bonds is 2. The van der Waals surface area contributed by atoms with Crippen LogP contribution in [0.25, 0.3) is 0 Å². The van der Waals surface area contributed by atoms with Gasteiger partial charge in [0.2, 0.25) is 0 Å². The molecule has 0 unspecified atom stereocenters. The van der Waals surface area contributed by atoms with Gasteiger partial charge in [-0.3, -0.25) is 4.90 Å². The van der Waals surface area contributed by atoms with Gasteiger partial charge in [-0.05, 0) is 25.8 Å². The van der Waals surface area contributed by atoms with Crippen LogP contribution in [0, 0.1) is 6.92 Å². The zero-order valence-corrected chi connectivity index (χ0v) is 12.4. The minimum Gasteiger partial charge on any atom is -0.369 e. The summed E-state index contributed by atoms with van der Waals surface area (Å²) in [5.41, 5.74) is 1.04. The maximum atomic E-state index is 5.94. The summed E-state index contributed by atoms with van der Waals surface area (Å²) in [5, 5.41) is 0. The average molecular weight is 275 g/mol. The van der Waals surface area contributed by atoms with Crippen molar-refractivity contribution in [1.29, 1.82) is 0 Å². The number of aromatic nitrogens is 2. The Morgan fingerprint density at radius 3 is 2.75 bits per heavy atom. The van der Waals surface area contributed by atoms with Gasteiger partial charge >= 0.3 is 0 Å². The lowest BCUT2D eigenvalue weighted by molar-refractivity contribution is -0.0489. The molecule has 2 fully saturated rings. The van der Waals surface area contributed by atoms with Crippen molar-refractivity contribution in [3.63, 3.8) is 0 Å². The molecule has 2 aliphatic rings. The van der Waals surface area contributed by atoms with Crippen molar-refractivity contribution in [1.82, 2.24) is 14.9 Å². The number of ether oxygens (including phenoxy) is 1. The molecule has 1 aromatic heterocycles. The average Bonchev–Trinajstić information content (AvgIpc) is 2.76. The van der Waals surface area contributed by atoms with Gasteiger partial charge in [0.15, 0.2) is 0 Å². The Labute approximate surface area is 121 Å². The standard InChI is InChI=1S/C16H25N3O/c1-13-17-9-8-15(18-13)16-12-19(10-11-20-16)14-6-4-2-3-5-7-14/h8-9,14,16H,2-7,10-12H2,1H3/t16-/m1/s1. The van der Waals surface area contributed by atoms with E-state index in [4.69, 9.17) is 4.74 Å². The van der Waals surface area contributed by atoms with Crippen LogP contribution in [-0.4, -0.2) is 40.6 Å². The number of nitrogens with zero attached hydrogens (tertiary/aromatic N) is 3. The normalized spacial score (nSPS) is 26.4. The summed E-state index contributed by atoms with van der Waals surface area (Å²) in [6.45, 7) is 4.83. The van der Waals surface area contributed by atoms with Gasteiger partial charge in [0.25, 0.3) is 0 Å². The molecule has 0 amide bonds. The molecule has 1 atom stereocenters. The van der Waals surface area contributed by atoms with E-state index in [9.17, 15) is 0 Å². The summed E-state index contributed by atoms with van der Waals surface area (Å²) in [5.74, 6) is 0.831. The van der Waals surface area contributed by atoms with Crippen LogP contribution in [-0.2, 0) is 4.74 Å².